The van der Waals surface area contributed by atoms with Gasteiger partial charge in [-0.1, -0.05) is 0 Å². The predicted molar refractivity (Wildman–Crippen MR) is 124 cm³/mol. The number of anilines is 2. The van der Waals surface area contributed by atoms with E-state index in [0.717, 1.165) is 6.26 Å². The summed E-state index contributed by atoms with van der Waals surface area (Å²) < 4.78 is 44.2. The maximum Gasteiger partial charge on any atom is 0.415 e. The van der Waals surface area contributed by atoms with Crippen molar-refractivity contribution in [1.82, 2.24) is 4.90 Å². The summed E-state index contributed by atoms with van der Waals surface area (Å²) in [7, 11) is -3.69. The molecule has 2 saturated heterocycles. The summed E-state index contributed by atoms with van der Waals surface area (Å²) in [6, 6.07) is 4.57. The third-order valence-electron chi connectivity index (χ3n) is 5.71. The first-order chi connectivity index (χ1) is 16.3. The first-order valence-corrected chi connectivity index (χ1v) is 13.0. The third-order valence-corrected chi connectivity index (χ3v) is 6.28. The predicted octanol–water partition coefficient (Wildman–Crippen LogP) is 1.72. The van der Waals surface area contributed by atoms with E-state index in [9.17, 15) is 22.8 Å². The summed E-state index contributed by atoms with van der Waals surface area (Å²) in [6.07, 6.45) is -0.596. The van der Waals surface area contributed by atoms with Crippen molar-refractivity contribution in [3.8, 4) is 5.75 Å². The van der Waals surface area contributed by atoms with Crippen LogP contribution in [0, 0.1) is 0 Å². The van der Waals surface area contributed by atoms with E-state index in [1.54, 1.807) is 43.9 Å². The second-order valence-corrected chi connectivity index (χ2v) is 11.2. The lowest BCUT2D eigenvalue weighted by Gasteiger charge is -2.35. The zero-order valence-electron chi connectivity index (χ0n) is 20.1. The van der Waals surface area contributed by atoms with Gasteiger partial charge in [-0.3, -0.25) is 18.8 Å². The minimum absolute atomic E-state index is 0.116. The van der Waals surface area contributed by atoms with Gasteiger partial charge < -0.3 is 19.1 Å². The fraction of sp³-hybridized carbons (Fsp3) is 0.591. The highest BCUT2D eigenvalue weighted by Crippen LogP contribution is 2.40. The molecule has 3 aliphatic rings. The molecule has 1 aromatic carbocycles. The van der Waals surface area contributed by atoms with Crippen molar-refractivity contribution >= 4 is 39.6 Å². The number of piperazine rings is 1. The van der Waals surface area contributed by atoms with E-state index < -0.39 is 40.1 Å². The van der Waals surface area contributed by atoms with Crippen LogP contribution in [0.25, 0.3) is 0 Å². The van der Waals surface area contributed by atoms with Crippen LogP contribution in [0.2, 0.25) is 0 Å². The quantitative estimate of drug-likeness (QED) is 0.554. The Bertz CT molecular complexity index is 1130. The number of nitrogens with zero attached hydrogens (tertiary/aromatic N) is 3. The molecule has 12 nitrogen and oxygen atoms in total. The lowest BCUT2D eigenvalue weighted by Crippen LogP contribution is -2.53. The molecule has 35 heavy (non-hydrogen) atoms. The largest absolute Gasteiger partial charge is 0.491 e. The molecule has 13 heteroatoms. The van der Waals surface area contributed by atoms with Gasteiger partial charge in [0.15, 0.2) is 0 Å². The highest BCUT2D eigenvalue weighted by molar-refractivity contribution is 7.85. The summed E-state index contributed by atoms with van der Waals surface area (Å²) in [4.78, 5) is 42.1. The van der Waals surface area contributed by atoms with Crippen molar-refractivity contribution < 1.29 is 41.2 Å². The molecule has 0 unspecified atom stereocenters. The Balaban J connectivity index is 1.49. The molecule has 2 fully saturated rings. The van der Waals surface area contributed by atoms with Crippen molar-refractivity contribution in [3.63, 3.8) is 0 Å². The van der Waals surface area contributed by atoms with E-state index in [1.165, 1.54) is 9.80 Å². The van der Waals surface area contributed by atoms with Crippen LogP contribution in [0.15, 0.2) is 18.2 Å². The van der Waals surface area contributed by atoms with E-state index >= 15 is 0 Å². The van der Waals surface area contributed by atoms with Crippen molar-refractivity contribution in [3.05, 3.63) is 18.2 Å². The average molecular weight is 512 g/mol. The molecule has 0 radical (unpaired) electrons. The molecule has 0 saturated carbocycles. The van der Waals surface area contributed by atoms with Gasteiger partial charge in [0, 0.05) is 31.3 Å². The molecular weight excluding hydrogens is 482 g/mol. The van der Waals surface area contributed by atoms with Gasteiger partial charge >= 0.3 is 12.2 Å². The van der Waals surface area contributed by atoms with E-state index in [4.69, 9.17) is 18.4 Å². The topological polar surface area (TPSA) is 132 Å². The van der Waals surface area contributed by atoms with Crippen molar-refractivity contribution in [2.24, 2.45) is 0 Å². The van der Waals surface area contributed by atoms with Crippen LogP contribution in [0.3, 0.4) is 0 Å². The maximum absolute atomic E-state index is 12.8. The van der Waals surface area contributed by atoms with Gasteiger partial charge in [0.25, 0.3) is 10.1 Å². The van der Waals surface area contributed by atoms with Crippen molar-refractivity contribution in [2.75, 3.05) is 48.9 Å². The molecule has 0 bridgehead atoms. The summed E-state index contributed by atoms with van der Waals surface area (Å²) in [6.45, 7) is 5.73. The summed E-state index contributed by atoms with van der Waals surface area (Å²) in [5.74, 6) is 0.126. The van der Waals surface area contributed by atoms with Crippen LogP contribution in [0.1, 0.15) is 27.2 Å². The minimum Gasteiger partial charge on any atom is -0.491 e. The number of hydrogen-bond acceptors (Lipinski definition) is 9. The standard InChI is InChI=1S/C22H29N3O9S/c1-22(2,3)34-20(27)23-8-9-24(19(26)12-23)14-5-6-15-17(11-14)31-10-7-16-18(13-32-35(4,29)30)33-21(28)25(15)16/h5-6,11,16,18H,7-10,12-13H2,1-4H3/t16-,18-/m0/s1. The molecule has 192 valence electrons. The highest BCUT2D eigenvalue weighted by Gasteiger charge is 2.45. The summed E-state index contributed by atoms with van der Waals surface area (Å²) in [5.41, 5.74) is 0.374. The Morgan fingerprint density at radius 3 is 2.60 bits per heavy atom. The van der Waals surface area contributed by atoms with E-state index in [-0.39, 0.29) is 32.2 Å². The van der Waals surface area contributed by atoms with E-state index in [0.29, 0.717) is 30.1 Å². The van der Waals surface area contributed by atoms with Crippen LogP contribution in [0.4, 0.5) is 21.0 Å². The second kappa shape index (κ2) is 9.19. The first kappa shape index (κ1) is 25.0. The highest BCUT2D eigenvalue weighted by atomic mass is 32.2. The smallest absolute Gasteiger partial charge is 0.415 e. The van der Waals surface area contributed by atoms with Crippen LogP contribution < -0.4 is 14.5 Å². The SMILES string of the molecule is CC(C)(C)OC(=O)N1CCN(c2ccc3c(c2)OCC[C@H]2[C@H](COS(C)(=O)=O)OC(=O)N32)C(=O)C1. The van der Waals surface area contributed by atoms with E-state index in [2.05, 4.69) is 0 Å². The van der Waals surface area contributed by atoms with Gasteiger partial charge in [-0.25, -0.2) is 9.59 Å². The van der Waals surface area contributed by atoms with Crippen molar-refractivity contribution in [2.45, 2.75) is 44.9 Å². The number of ether oxygens (including phenoxy) is 3. The molecule has 0 spiro atoms. The number of fused-ring (bicyclic) bond motifs is 3. The Kier molecular flexibility index (Phi) is 6.58. The fourth-order valence-corrected chi connectivity index (χ4v) is 4.58. The zero-order chi connectivity index (χ0) is 25.5. The lowest BCUT2D eigenvalue weighted by molar-refractivity contribution is -0.121. The molecule has 0 aromatic heterocycles. The van der Waals surface area contributed by atoms with Crippen LogP contribution in [0.5, 0.6) is 5.75 Å². The molecule has 3 amide bonds. The fourth-order valence-electron chi connectivity index (χ4n) is 4.20. The molecule has 2 atom stereocenters. The zero-order valence-corrected chi connectivity index (χ0v) is 20.9. The monoisotopic (exact) mass is 511 g/mol. The van der Waals surface area contributed by atoms with E-state index in [1.807, 2.05) is 0 Å². The van der Waals surface area contributed by atoms with Gasteiger partial charge in [0.1, 0.15) is 30.6 Å². The second-order valence-electron chi connectivity index (χ2n) is 9.58. The number of rotatable bonds is 4. The number of cyclic esters (lactones) is 1. The molecule has 4 rings (SSSR count). The molecular formula is C22H29N3O9S. The Morgan fingerprint density at radius 2 is 1.94 bits per heavy atom. The van der Waals surface area contributed by atoms with Crippen LogP contribution in [-0.2, 0) is 28.6 Å². The average Bonchev–Trinajstić information content (AvgIpc) is 2.93. The Hall–Kier alpha value is -3.06. The molecule has 3 aliphatic heterocycles. The van der Waals surface area contributed by atoms with Gasteiger partial charge in [0.2, 0.25) is 5.91 Å². The summed E-state index contributed by atoms with van der Waals surface area (Å²) >= 11 is 0. The normalized spacial score (nSPS) is 22.7. The number of carbonyl (C=O) groups excluding carboxylic acids is 3. The third kappa shape index (κ3) is 5.61. The molecule has 0 aliphatic carbocycles. The van der Waals surface area contributed by atoms with Crippen molar-refractivity contribution in [1.29, 1.82) is 0 Å². The number of amides is 3. The Labute approximate surface area is 203 Å². The lowest BCUT2D eigenvalue weighted by atomic mass is 10.1. The maximum atomic E-state index is 12.8. The van der Waals surface area contributed by atoms with Gasteiger partial charge in [-0.15, -0.1) is 0 Å². The molecule has 0 N–H and O–H groups in total. The number of benzene rings is 1. The first-order valence-electron chi connectivity index (χ1n) is 11.2. The molecule has 3 heterocycles. The number of carbonyl (C=O) groups is 3. The number of hydrogen-bond donors (Lipinski definition) is 0. The van der Waals surface area contributed by atoms with Crippen LogP contribution >= 0.6 is 0 Å². The minimum atomic E-state index is -3.69. The Morgan fingerprint density at radius 1 is 1.20 bits per heavy atom. The molecule has 1 aromatic rings. The van der Waals surface area contributed by atoms with Gasteiger partial charge in [-0.2, -0.15) is 8.42 Å². The van der Waals surface area contributed by atoms with Crippen LogP contribution in [-0.4, -0.2) is 88.3 Å². The van der Waals surface area contributed by atoms with Gasteiger partial charge in [0.05, 0.1) is 24.6 Å². The summed E-state index contributed by atoms with van der Waals surface area (Å²) in [5, 5.41) is 0. The van der Waals surface area contributed by atoms with Gasteiger partial charge in [-0.05, 0) is 32.9 Å².